The highest BCUT2D eigenvalue weighted by Gasteiger charge is 2.14. The average Bonchev–Trinajstić information content (AvgIpc) is 2.79. The van der Waals surface area contributed by atoms with E-state index in [2.05, 4.69) is 4.98 Å². The van der Waals surface area contributed by atoms with Crippen molar-refractivity contribution >= 4 is 16.9 Å². The Labute approximate surface area is 112 Å². The normalized spacial score (nSPS) is 10.9. The largest absolute Gasteiger partial charge is 0.440 e. The highest BCUT2D eigenvalue weighted by Crippen LogP contribution is 2.17. The van der Waals surface area contributed by atoms with Gasteiger partial charge in [-0.15, -0.1) is 0 Å². The Kier molecular flexibility index (Phi) is 3.02. The molecule has 3 rings (SSSR count). The van der Waals surface area contributed by atoms with Gasteiger partial charge in [0.05, 0.1) is 6.42 Å². The molecule has 5 heteroatoms. The Bertz CT molecular complexity index is 742. The summed E-state index contributed by atoms with van der Waals surface area (Å²) in [6.07, 6.45) is -0.141. The van der Waals surface area contributed by atoms with E-state index >= 15 is 0 Å². The number of nitrogens with zero attached hydrogens (tertiary/aromatic N) is 1. The molecule has 0 unspecified atom stereocenters. The minimum Gasteiger partial charge on any atom is -0.440 e. The number of carbonyl (C=O) groups is 1. The SMILES string of the molecule is O=C(Cc1nc2ccccc2o1)c1cc(F)cc(F)c1. The van der Waals surface area contributed by atoms with Gasteiger partial charge >= 0.3 is 0 Å². The van der Waals surface area contributed by atoms with Gasteiger partial charge in [0.25, 0.3) is 0 Å². The van der Waals surface area contributed by atoms with Crippen LogP contribution in [0, 0.1) is 11.6 Å². The van der Waals surface area contributed by atoms with Crippen molar-refractivity contribution < 1.29 is 18.0 Å². The maximum Gasteiger partial charge on any atom is 0.203 e. The molecule has 100 valence electrons. The van der Waals surface area contributed by atoms with Gasteiger partial charge in [0, 0.05) is 11.6 Å². The van der Waals surface area contributed by atoms with Gasteiger partial charge in [0.2, 0.25) is 5.89 Å². The lowest BCUT2D eigenvalue weighted by Crippen LogP contribution is -2.05. The maximum absolute atomic E-state index is 13.1. The van der Waals surface area contributed by atoms with Crippen LogP contribution in [0.2, 0.25) is 0 Å². The number of hydrogen-bond acceptors (Lipinski definition) is 3. The van der Waals surface area contributed by atoms with Crippen molar-refractivity contribution in [3.05, 3.63) is 65.6 Å². The average molecular weight is 273 g/mol. The van der Waals surface area contributed by atoms with Crippen molar-refractivity contribution in [3.63, 3.8) is 0 Å². The summed E-state index contributed by atoms with van der Waals surface area (Å²) in [6, 6.07) is 9.80. The summed E-state index contributed by atoms with van der Waals surface area (Å²) >= 11 is 0. The van der Waals surface area contributed by atoms with Crippen LogP contribution in [-0.4, -0.2) is 10.8 Å². The van der Waals surface area contributed by atoms with Crippen LogP contribution in [-0.2, 0) is 6.42 Å². The van der Waals surface area contributed by atoms with E-state index in [1.165, 1.54) is 0 Å². The third-order valence-corrected chi connectivity index (χ3v) is 2.83. The topological polar surface area (TPSA) is 43.1 Å². The molecule has 0 saturated heterocycles. The van der Waals surface area contributed by atoms with Gasteiger partial charge in [-0.05, 0) is 24.3 Å². The molecule has 0 radical (unpaired) electrons. The standard InChI is InChI=1S/C15H9F2NO2/c16-10-5-9(6-11(17)7-10)13(19)8-15-18-12-3-1-2-4-14(12)20-15/h1-7H,8H2. The van der Waals surface area contributed by atoms with E-state index in [9.17, 15) is 13.6 Å². The van der Waals surface area contributed by atoms with Gasteiger partial charge in [-0.3, -0.25) is 4.79 Å². The Morgan fingerprint density at radius 3 is 2.50 bits per heavy atom. The first-order chi connectivity index (χ1) is 9.61. The molecule has 0 aliphatic rings. The monoisotopic (exact) mass is 273 g/mol. The smallest absolute Gasteiger partial charge is 0.203 e. The number of benzene rings is 2. The highest BCUT2D eigenvalue weighted by atomic mass is 19.1. The zero-order valence-corrected chi connectivity index (χ0v) is 10.3. The van der Waals surface area contributed by atoms with Crippen LogP contribution in [0.3, 0.4) is 0 Å². The Morgan fingerprint density at radius 1 is 1.10 bits per heavy atom. The molecular weight excluding hydrogens is 264 g/mol. The minimum atomic E-state index is -0.786. The lowest BCUT2D eigenvalue weighted by molar-refractivity contribution is 0.0985. The third-order valence-electron chi connectivity index (χ3n) is 2.83. The van der Waals surface area contributed by atoms with Crippen LogP contribution in [0.4, 0.5) is 8.78 Å². The molecule has 2 aromatic carbocycles. The first kappa shape index (κ1) is 12.5. The van der Waals surface area contributed by atoms with Crippen molar-refractivity contribution in [1.82, 2.24) is 4.98 Å². The van der Waals surface area contributed by atoms with Gasteiger partial charge in [-0.1, -0.05) is 12.1 Å². The fourth-order valence-corrected chi connectivity index (χ4v) is 1.95. The fraction of sp³-hybridized carbons (Fsp3) is 0.0667. The molecule has 0 fully saturated rings. The van der Waals surface area contributed by atoms with Crippen molar-refractivity contribution in [2.45, 2.75) is 6.42 Å². The van der Waals surface area contributed by atoms with E-state index in [0.29, 0.717) is 11.1 Å². The summed E-state index contributed by atoms with van der Waals surface area (Å²) in [7, 11) is 0. The molecule has 20 heavy (non-hydrogen) atoms. The molecule has 0 amide bonds. The molecule has 0 N–H and O–H groups in total. The molecule has 0 spiro atoms. The number of halogens is 2. The number of hydrogen-bond donors (Lipinski definition) is 0. The van der Waals surface area contributed by atoms with E-state index in [-0.39, 0.29) is 17.9 Å². The summed E-state index contributed by atoms with van der Waals surface area (Å²) in [4.78, 5) is 16.1. The van der Waals surface area contributed by atoms with Crippen molar-refractivity contribution in [2.75, 3.05) is 0 Å². The Morgan fingerprint density at radius 2 is 1.80 bits per heavy atom. The van der Waals surface area contributed by atoms with E-state index in [1.54, 1.807) is 24.3 Å². The number of para-hydroxylation sites is 2. The number of oxazole rings is 1. The molecule has 1 heterocycles. The van der Waals surface area contributed by atoms with Gasteiger partial charge in [-0.25, -0.2) is 13.8 Å². The van der Waals surface area contributed by atoms with E-state index in [1.807, 2.05) is 0 Å². The molecule has 0 aliphatic heterocycles. The van der Waals surface area contributed by atoms with Crippen LogP contribution >= 0.6 is 0 Å². The predicted molar refractivity (Wildman–Crippen MR) is 68.4 cm³/mol. The van der Waals surface area contributed by atoms with Gasteiger partial charge in [0.15, 0.2) is 11.4 Å². The summed E-state index contributed by atoms with van der Waals surface area (Å²) in [5.41, 5.74) is 1.17. The minimum absolute atomic E-state index is 0.0373. The molecule has 0 bridgehead atoms. The number of rotatable bonds is 3. The van der Waals surface area contributed by atoms with Crippen LogP contribution in [0.25, 0.3) is 11.1 Å². The number of aromatic nitrogens is 1. The van der Waals surface area contributed by atoms with Gasteiger partial charge < -0.3 is 4.42 Å². The molecular formula is C15H9F2NO2. The highest BCUT2D eigenvalue weighted by molar-refractivity contribution is 5.97. The Hall–Kier alpha value is -2.56. The zero-order valence-electron chi connectivity index (χ0n) is 10.3. The summed E-state index contributed by atoms with van der Waals surface area (Å²) in [5.74, 6) is -1.80. The molecule has 0 atom stereocenters. The predicted octanol–water partition coefficient (Wildman–Crippen LogP) is 3.53. The molecule has 3 nitrogen and oxygen atoms in total. The van der Waals surface area contributed by atoms with E-state index in [0.717, 1.165) is 18.2 Å². The van der Waals surface area contributed by atoms with E-state index < -0.39 is 17.4 Å². The van der Waals surface area contributed by atoms with Crippen LogP contribution in [0.15, 0.2) is 46.9 Å². The third kappa shape index (κ3) is 2.42. The lowest BCUT2D eigenvalue weighted by atomic mass is 10.1. The summed E-state index contributed by atoms with van der Waals surface area (Å²) in [6.45, 7) is 0. The summed E-state index contributed by atoms with van der Waals surface area (Å²) in [5, 5.41) is 0. The Balaban J connectivity index is 1.88. The van der Waals surface area contributed by atoms with Gasteiger partial charge in [-0.2, -0.15) is 0 Å². The van der Waals surface area contributed by atoms with Crippen molar-refractivity contribution in [3.8, 4) is 0 Å². The lowest BCUT2D eigenvalue weighted by Gasteiger charge is -1.99. The zero-order chi connectivity index (χ0) is 14.1. The summed E-state index contributed by atoms with van der Waals surface area (Å²) < 4.78 is 31.5. The second-order valence-corrected chi connectivity index (χ2v) is 4.33. The molecule has 3 aromatic rings. The maximum atomic E-state index is 13.1. The molecule has 0 aliphatic carbocycles. The van der Waals surface area contributed by atoms with Crippen LogP contribution in [0.1, 0.15) is 16.2 Å². The molecule has 0 saturated carbocycles. The fourth-order valence-electron chi connectivity index (χ4n) is 1.95. The first-order valence-corrected chi connectivity index (χ1v) is 5.95. The number of fused-ring (bicyclic) bond motifs is 1. The number of Topliss-reactive ketones (excluding diaryl/α,β-unsaturated/α-hetero) is 1. The van der Waals surface area contributed by atoms with Crippen LogP contribution < -0.4 is 0 Å². The number of ketones is 1. The number of carbonyl (C=O) groups excluding carboxylic acids is 1. The second-order valence-electron chi connectivity index (χ2n) is 4.33. The van der Waals surface area contributed by atoms with E-state index in [4.69, 9.17) is 4.42 Å². The van der Waals surface area contributed by atoms with Crippen molar-refractivity contribution in [1.29, 1.82) is 0 Å². The second kappa shape index (κ2) is 4.85. The van der Waals surface area contributed by atoms with Crippen molar-refractivity contribution in [2.24, 2.45) is 0 Å². The van der Waals surface area contributed by atoms with Crippen LogP contribution in [0.5, 0.6) is 0 Å². The first-order valence-electron chi connectivity index (χ1n) is 5.95. The molecule has 1 aromatic heterocycles. The quantitative estimate of drug-likeness (QED) is 0.685. The van der Waals surface area contributed by atoms with Gasteiger partial charge in [0.1, 0.15) is 17.2 Å².